The van der Waals surface area contributed by atoms with E-state index < -0.39 is 17.7 Å². The molecule has 1 aromatic carbocycles. The van der Waals surface area contributed by atoms with Gasteiger partial charge in [-0.3, -0.25) is 14.6 Å². The highest BCUT2D eigenvalue weighted by Gasteiger charge is 2.53. The maximum Gasteiger partial charge on any atom is 0.328 e. The molecule has 0 saturated carbocycles. The van der Waals surface area contributed by atoms with Crippen molar-refractivity contribution in [3.05, 3.63) is 35.9 Å². The highest BCUT2D eigenvalue weighted by atomic mass is 16.5. The van der Waals surface area contributed by atoms with Gasteiger partial charge in [-0.2, -0.15) is 0 Å². The summed E-state index contributed by atoms with van der Waals surface area (Å²) >= 11 is 0. The van der Waals surface area contributed by atoms with Gasteiger partial charge in [-0.25, -0.2) is 4.79 Å². The molecule has 1 N–H and O–H groups in total. The highest BCUT2D eigenvalue weighted by Crippen LogP contribution is 2.38. The molecule has 2 aliphatic rings. The minimum absolute atomic E-state index is 0.0717. The average molecular weight is 389 g/mol. The Morgan fingerprint density at radius 3 is 2.50 bits per heavy atom. The summed E-state index contributed by atoms with van der Waals surface area (Å²) in [6.45, 7) is 4.68. The van der Waals surface area contributed by atoms with Crippen LogP contribution in [-0.4, -0.2) is 58.2 Å². The topological polar surface area (TPSA) is 70.1 Å². The van der Waals surface area contributed by atoms with Gasteiger partial charge in [0, 0.05) is 38.9 Å². The van der Waals surface area contributed by atoms with Gasteiger partial charge >= 0.3 is 5.97 Å². The number of benzene rings is 1. The Bertz CT molecular complexity index is 656. The lowest BCUT2D eigenvalue weighted by Gasteiger charge is -2.44. The molecule has 2 heterocycles. The molecule has 3 rings (SSSR count). The van der Waals surface area contributed by atoms with Crippen LogP contribution in [-0.2, 0) is 20.9 Å². The van der Waals surface area contributed by atoms with Gasteiger partial charge in [0.2, 0.25) is 5.91 Å². The van der Waals surface area contributed by atoms with E-state index in [1.165, 1.54) is 5.56 Å². The maximum absolute atomic E-state index is 12.9. The molecule has 1 spiro atoms. The predicted octanol–water partition coefficient (Wildman–Crippen LogP) is 3.26. The Hall–Kier alpha value is -1.92. The lowest BCUT2D eigenvalue weighted by molar-refractivity contribution is -0.166. The molecule has 154 valence electrons. The highest BCUT2D eigenvalue weighted by molar-refractivity contribution is 5.85. The number of carbonyl (C=O) groups excluding carboxylic acids is 1. The van der Waals surface area contributed by atoms with E-state index in [0.717, 1.165) is 45.3 Å². The number of ether oxygens (including phenoxy) is 1. The van der Waals surface area contributed by atoms with Crippen molar-refractivity contribution >= 4 is 11.9 Å². The van der Waals surface area contributed by atoms with E-state index >= 15 is 0 Å². The van der Waals surface area contributed by atoms with Gasteiger partial charge in [-0.05, 0) is 12.0 Å². The first-order chi connectivity index (χ1) is 13.6. The fraction of sp³-hybridized carbons (Fsp3) is 0.636. The molecule has 1 atom stereocenters. The number of nitrogens with zero attached hydrogens (tertiary/aromatic N) is 2. The number of amides is 1. The van der Waals surface area contributed by atoms with E-state index in [-0.39, 0.29) is 12.5 Å². The summed E-state index contributed by atoms with van der Waals surface area (Å²) in [5.74, 6) is -1.04. The first kappa shape index (κ1) is 20.8. The van der Waals surface area contributed by atoms with Gasteiger partial charge < -0.3 is 9.84 Å². The number of likely N-dealkylation sites (tertiary alicyclic amines) is 1. The van der Waals surface area contributed by atoms with Crippen molar-refractivity contribution in [3.63, 3.8) is 0 Å². The van der Waals surface area contributed by atoms with Gasteiger partial charge in [0.25, 0.3) is 0 Å². The molecule has 0 aromatic heterocycles. The zero-order valence-electron chi connectivity index (χ0n) is 16.8. The third-order valence-corrected chi connectivity index (χ3v) is 5.94. The summed E-state index contributed by atoms with van der Waals surface area (Å²) in [4.78, 5) is 28.6. The van der Waals surface area contributed by atoms with E-state index in [1.807, 2.05) is 18.2 Å². The van der Waals surface area contributed by atoms with Gasteiger partial charge in [-0.15, -0.1) is 0 Å². The third kappa shape index (κ3) is 4.73. The first-order valence-electron chi connectivity index (χ1n) is 10.5. The lowest BCUT2D eigenvalue weighted by Crippen LogP contribution is -2.58. The second-order valence-corrected chi connectivity index (χ2v) is 7.95. The zero-order chi connectivity index (χ0) is 20.0. The smallest absolute Gasteiger partial charge is 0.328 e. The Kier molecular flexibility index (Phi) is 7.08. The standard InChI is InChI=1S/C22H32N2O4/c1-2-3-4-8-11-20(25)24-19(21(26)27)17-28-22(24)12-14-23(15-13-22)16-18-9-6-5-7-10-18/h5-7,9-10,19H,2-4,8,11-17H2,1H3,(H,26,27)/t19-/m0/s1. The second-order valence-electron chi connectivity index (χ2n) is 7.95. The summed E-state index contributed by atoms with van der Waals surface area (Å²) in [5.41, 5.74) is 0.510. The SMILES string of the molecule is CCCCCCC(=O)N1[C@H](C(=O)O)COC12CCN(Cc1ccccc1)CC2. The number of carboxylic acids is 1. The minimum Gasteiger partial charge on any atom is -0.480 e. The van der Waals surface area contributed by atoms with Crippen molar-refractivity contribution in [1.82, 2.24) is 9.80 Å². The molecule has 0 aliphatic carbocycles. The molecule has 0 radical (unpaired) electrons. The van der Waals surface area contributed by atoms with Crippen molar-refractivity contribution in [1.29, 1.82) is 0 Å². The molecular formula is C22H32N2O4. The number of piperidine rings is 1. The van der Waals surface area contributed by atoms with E-state index in [0.29, 0.717) is 19.3 Å². The largest absolute Gasteiger partial charge is 0.480 e. The van der Waals surface area contributed by atoms with Crippen LogP contribution in [0, 0.1) is 0 Å². The van der Waals surface area contributed by atoms with Crippen molar-refractivity contribution in [2.75, 3.05) is 19.7 Å². The molecule has 0 unspecified atom stereocenters. The van der Waals surface area contributed by atoms with E-state index in [4.69, 9.17) is 4.74 Å². The minimum atomic E-state index is -0.967. The van der Waals surface area contributed by atoms with Crippen LogP contribution in [0.5, 0.6) is 0 Å². The summed E-state index contributed by atoms with van der Waals surface area (Å²) < 4.78 is 6.01. The van der Waals surface area contributed by atoms with Crippen LogP contribution in [0.1, 0.15) is 57.4 Å². The van der Waals surface area contributed by atoms with E-state index in [1.54, 1.807) is 4.90 Å². The molecule has 2 saturated heterocycles. The summed E-state index contributed by atoms with van der Waals surface area (Å²) in [6.07, 6.45) is 5.75. The molecule has 28 heavy (non-hydrogen) atoms. The number of carboxylic acid groups (broad SMARTS) is 1. The number of unbranched alkanes of at least 4 members (excludes halogenated alkanes) is 3. The van der Waals surface area contributed by atoms with Crippen molar-refractivity contribution < 1.29 is 19.4 Å². The molecule has 0 bridgehead atoms. The molecule has 1 amide bonds. The summed E-state index contributed by atoms with van der Waals surface area (Å²) in [6, 6.07) is 9.46. The average Bonchev–Trinajstić information content (AvgIpc) is 3.07. The fourth-order valence-corrected chi connectivity index (χ4v) is 4.36. The van der Waals surface area contributed by atoms with Crippen molar-refractivity contribution in [2.24, 2.45) is 0 Å². The number of rotatable bonds is 8. The second kappa shape index (κ2) is 9.52. The van der Waals surface area contributed by atoms with Crippen LogP contribution in [0.25, 0.3) is 0 Å². The van der Waals surface area contributed by atoms with Crippen LogP contribution in [0.4, 0.5) is 0 Å². The Morgan fingerprint density at radius 1 is 1.14 bits per heavy atom. The molecule has 6 heteroatoms. The molecule has 1 aromatic rings. The van der Waals surface area contributed by atoms with Gasteiger partial charge in [0.1, 0.15) is 5.72 Å². The number of carbonyl (C=O) groups is 2. The third-order valence-electron chi connectivity index (χ3n) is 5.94. The van der Waals surface area contributed by atoms with Crippen molar-refractivity contribution in [2.45, 2.75) is 70.2 Å². The Morgan fingerprint density at radius 2 is 1.86 bits per heavy atom. The number of hydrogen-bond donors (Lipinski definition) is 1. The van der Waals surface area contributed by atoms with Gasteiger partial charge in [0.15, 0.2) is 6.04 Å². The van der Waals surface area contributed by atoms with E-state index in [2.05, 4.69) is 24.0 Å². The zero-order valence-corrected chi connectivity index (χ0v) is 16.8. The molecule has 2 aliphatic heterocycles. The van der Waals surface area contributed by atoms with Crippen LogP contribution in [0.15, 0.2) is 30.3 Å². The Labute approximate surface area is 167 Å². The normalized spacial score (nSPS) is 21.9. The predicted molar refractivity (Wildman–Crippen MR) is 107 cm³/mol. The fourth-order valence-electron chi connectivity index (χ4n) is 4.36. The number of hydrogen-bond acceptors (Lipinski definition) is 4. The maximum atomic E-state index is 12.9. The van der Waals surface area contributed by atoms with E-state index in [9.17, 15) is 14.7 Å². The van der Waals surface area contributed by atoms with Crippen LogP contribution < -0.4 is 0 Å². The quantitative estimate of drug-likeness (QED) is 0.692. The lowest BCUT2D eigenvalue weighted by atomic mass is 9.96. The molecule has 6 nitrogen and oxygen atoms in total. The van der Waals surface area contributed by atoms with Crippen LogP contribution in [0.2, 0.25) is 0 Å². The van der Waals surface area contributed by atoms with Crippen molar-refractivity contribution in [3.8, 4) is 0 Å². The summed E-state index contributed by atoms with van der Waals surface area (Å²) in [7, 11) is 0. The van der Waals surface area contributed by atoms with Crippen LogP contribution in [0.3, 0.4) is 0 Å². The first-order valence-corrected chi connectivity index (χ1v) is 10.5. The van der Waals surface area contributed by atoms with Crippen LogP contribution >= 0.6 is 0 Å². The van der Waals surface area contributed by atoms with Gasteiger partial charge in [0.05, 0.1) is 6.61 Å². The molecular weight excluding hydrogens is 356 g/mol. The monoisotopic (exact) mass is 388 g/mol. The van der Waals surface area contributed by atoms with Gasteiger partial charge in [-0.1, -0.05) is 56.5 Å². The summed E-state index contributed by atoms with van der Waals surface area (Å²) in [5, 5.41) is 9.62. The number of aliphatic carboxylic acids is 1. The Balaban J connectivity index is 1.63. The molecule has 2 fully saturated rings.